The van der Waals surface area contributed by atoms with Gasteiger partial charge in [-0.1, -0.05) is 237 Å². The Labute approximate surface area is 514 Å². The number of fused-ring (bicyclic) bond motifs is 22. The average Bonchev–Trinajstić information content (AvgIpc) is 1.52. The van der Waals surface area contributed by atoms with Crippen LogP contribution in [0.25, 0.3) is 138 Å². The maximum atomic E-state index is 2.54. The normalized spacial score (nSPS) is 13.4. The molecule has 0 fully saturated rings. The Kier molecular flexibility index (Phi) is 9.99. The van der Waals surface area contributed by atoms with Crippen LogP contribution in [-0.4, -0.2) is 13.7 Å². The molecule has 3 heteroatoms. The van der Waals surface area contributed by atoms with E-state index in [2.05, 4.69) is 329 Å². The summed E-state index contributed by atoms with van der Waals surface area (Å²) < 4.78 is 7.46. The van der Waals surface area contributed by atoms with E-state index in [0.717, 1.165) is 17.1 Å². The molecule has 0 bridgehead atoms. The van der Waals surface area contributed by atoms with Crippen molar-refractivity contribution >= 4 is 65.4 Å². The molecule has 0 N–H and O–H groups in total. The highest BCUT2D eigenvalue weighted by atomic mass is 15.0. The third-order valence-electron chi connectivity index (χ3n) is 20.3. The predicted molar refractivity (Wildman–Crippen MR) is 369 cm³/mol. The fourth-order valence-electron chi connectivity index (χ4n) is 16.7. The Bertz CT molecular complexity index is 5760. The van der Waals surface area contributed by atoms with Crippen LogP contribution >= 0.6 is 0 Å². The maximum Gasteiger partial charge on any atom is 0.0727 e. The maximum absolute atomic E-state index is 2.54. The molecule has 412 valence electrons. The van der Waals surface area contributed by atoms with E-state index in [-0.39, 0.29) is 5.92 Å². The van der Waals surface area contributed by atoms with Gasteiger partial charge in [0.1, 0.15) is 0 Å². The highest BCUT2D eigenvalue weighted by molar-refractivity contribution is 6.13. The molecule has 0 radical (unpaired) electrons. The summed E-state index contributed by atoms with van der Waals surface area (Å²) in [6.45, 7) is 0. The van der Waals surface area contributed by atoms with Crippen LogP contribution in [0.1, 0.15) is 44.9 Å². The number of aromatic nitrogens is 3. The van der Waals surface area contributed by atoms with Crippen LogP contribution in [0.3, 0.4) is 0 Å². The van der Waals surface area contributed by atoms with Gasteiger partial charge in [0.15, 0.2) is 0 Å². The molecule has 89 heavy (non-hydrogen) atoms. The number of rotatable bonds is 6. The van der Waals surface area contributed by atoms with Gasteiger partial charge >= 0.3 is 0 Å². The zero-order valence-corrected chi connectivity index (χ0v) is 48.4. The van der Waals surface area contributed by atoms with Crippen molar-refractivity contribution in [2.24, 2.45) is 0 Å². The van der Waals surface area contributed by atoms with Crippen LogP contribution < -0.4 is 0 Å². The first-order valence-electron chi connectivity index (χ1n) is 31.1. The molecule has 14 aromatic carbocycles. The second-order valence-electron chi connectivity index (χ2n) is 24.6. The summed E-state index contributed by atoms with van der Waals surface area (Å²) in [5.74, 6) is 0.189. The van der Waals surface area contributed by atoms with Gasteiger partial charge in [0.25, 0.3) is 0 Å². The summed E-state index contributed by atoms with van der Waals surface area (Å²) >= 11 is 0. The van der Waals surface area contributed by atoms with Crippen LogP contribution in [-0.2, 0) is 5.41 Å². The molecule has 3 heterocycles. The second kappa shape index (κ2) is 18.3. The van der Waals surface area contributed by atoms with Gasteiger partial charge in [-0.05, 0) is 173 Å². The lowest BCUT2D eigenvalue weighted by molar-refractivity contribution is 0.791. The van der Waals surface area contributed by atoms with Gasteiger partial charge in [-0.2, -0.15) is 0 Å². The van der Waals surface area contributed by atoms with Crippen LogP contribution in [0, 0.1) is 0 Å². The van der Waals surface area contributed by atoms with E-state index >= 15 is 0 Å². The Morgan fingerprint density at radius 1 is 0.213 bits per heavy atom. The minimum absolute atomic E-state index is 0.189. The van der Waals surface area contributed by atoms with E-state index in [4.69, 9.17) is 0 Å². The molecule has 0 unspecified atom stereocenters. The summed E-state index contributed by atoms with van der Waals surface area (Å²) in [5, 5.41) is 7.46. The molecule has 3 aliphatic carbocycles. The molecule has 0 saturated heterocycles. The van der Waals surface area contributed by atoms with Crippen molar-refractivity contribution in [1.82, 2.24) is 13.7 Å². The lowest BCUT2D eigenvalue weighted by Gasteiger charge is -2.31. The lowest BCUT2D eigenvalue weighted by atomic mass is 9.70. The molecular formula is C86H53N3. The number of hydrogen-bond acceptors (Lipinski definition) is 0. The fraction of sp³-hybridized carbons (Fsp3) is 0.0233. The largest absolute Gasteiger partial charge is 0.309 e. The summed E-state index contributed by atoms with van der Waals surface area (Å²) in [7, 11) is 0. The molecule has 17 aromatic rings. The van der Waals surface area contributed by atoms with Gasteiger partial charge in [-0.25, -0.2) is 0 Å². The summed E-state index contributed by atoms with van der Waals surface area (Å²) in [5.41, 5.74) is 32.0. The topological polar surface area (TPSA) is 14.8 Å². The molecule has 1 spiro atoms. The molecule has 20 rings (SSSR count). The van der Waals surface area contributed by atoms with Crippen LogP contribution in [0.2, 0.25) is 0 Å². The van der Waals surface area contributed by atoms with Gasteiger partial charge in [0, 0.05) is 55.3 Å². The molecule has 0 saturated carbocycles. The van der Waals surface area contributed by atoms with Gasteiger partial charge in [0.05, 0.1) is 38.5 Å². The van der Waals surface area contributed by atoms with Crippen molar-refractivity contribution in [3.63, 3.8) is 0 Å². The third-order valence-corrected chi connectivity index (χ3v) is 20.3. The standard InChI is InChI=1S/C86H53N3/c1-3-31-72-61(23-1)62-24-2-4-32-73(62)85(72)57-21-17-19-53(47-57)54-20-18-22-58(48-54)87-82-38-16-10-30-70(82)74-49-55(40-46-83(74)87)56-39-43-71-69-29-9-15-37-81(69)89(84(71)50-56)60-42-45-66-65-44-41-59(88-79-35-13-7-27-67(79)68-28-8-14-36-80(68)88)51-77(65)86(78(66)52-60)75-33-11-5-25-63(75)64-26-6-12-34-76(64)86/h1-52,85H. The van der Waals surface area contributed by atoms with Gasteiger partial charge in [-0.15, -0.1) is 0 Å². The number of benzene rings is 14. The third kappa shape index (κ3) is 6.66. The number of para-hydroxylation sites is 4. The second-order valence-corrected chi connectivity index (χ2v) is 24.6. The highest BCUT2D eigenvalue weighted by Gasteiger charge is 2.52. The number of nitrogens with zero attached hydrogens (tertiary/aromatic N) is 3. The zero-order chi connectivity index (χ0) is 58.1. The summed E-state index contributed by atoms with van der Waals surface area (Å²) in [6, 6.07) is 119. The first-order valence-corrected chi connectivity index (χ1v) is 31.1. The fourth-order valence-corrected chi connectivity index (χ4v) is 16.7. The monoisotopic (exact) mass is 1130 g/mol. The first-order chi connectivity index (χ1) is 44.2. The van der Waals surface area contributed by atoms with Crippen LogP contribution in [0.5, 0.6) is 0 Å². The summed E-state index contributed by atoms with van der Waals surface area (Å²) in [6.07, 6.45) is 0. The minimum Gasteiger partial charge on any atom is -0.309 e. The molecule has 3 aliphatic rings. The molecule has 3 nitrogen and oxygen atoms in total. The van der Waals surface area contributed by atoms with Gasteiger partial charge in [-0.3, -0.25) is 0 Å². The zero-order valence-electron chi connectivity index (χ0n) is 48.4. The van der Waals surface area contributed by atoms with E-state index < -0.39 is 5.41 Å². The molecule has 0 aliphatic heterocycles. The van der Waals surface area contributed by atoms with Gasteiger partial charge < -0.3 is 13.7 Å². The minimum atomic E-state index is -0.566. The predicted octanol–water partition coefficient (Wildman–Crippen LogP) is 21.8. The molecular weight excluding hydrogens is 1070 g/mol. The van der Waals surface area contributed by atoms with E-state index in [1.54, 1.807) is 0 Å². The van der Waals surface area contributed by atoms with Gasteiger partial charge in [0.2, 0.25) is 0 Å². The molecule has 0 amide bonds. The van der Waals surface area contributed by atoms with Crippen molar-refractivity contribution in [1.29, 1.82) is 0 Å². The van der Waals surface area contributed by atoms with E-state index in [9.17, 15) is 0 Å². The average molecular weight is 1130 g/mol. The quantitative estimate of drug-likeness (QED) is 0.158. The Morgan fingerprint density at radius 2 is 0.607 bits per heavy atom. The van der Waals surface area contributed by atoms with Crippen molar-refractivity contribution in [3.8, 4) is 72.7 Å². The lowest BCUT2D eigenvalue weighted by Crippen LogP contribution is -2.26. The van der Waals surface area contributed by atoms with Crippen molar-refractivity contribution in [2.75, 3.05) is 0 Å². The van der Waals surface area contributed by atoms with Crippen LogP contribution in [0.15, 0.2) is 315 Å². The van der Waals surface area contributed by atoms with E-state index in [1.165, 1.54) is 160 Å². The molecule has 3 aromatic heterocycles. The highest BCUT2D eigenvalue weighted by Crippen LogP contribution is 2.63. The van der Waals surface area contributed by atoms with E-state index in [0.29, 0.717) is 0 Å². The smallest absolute Gasteiger partial charge is 0.0727 e. The Hall–Kier alpha value is -11.5. The first kappa shape index (κ1) is 48.7. The molecule has 0 atom stereocenters. The van der Waals surface area contributed by atoms with Crippen LogP contribution in [0.4, 0.5) is 0 Å². The number of hydrogen-bond donors (Lipinski definition) is 0. The SMILES string of the molecule is c1cc(-c2cccc(-n3c4ccccc4c4cc(-c5ccc6c7ccccc7n(-c7ccc8c(c7)C7(c9ccccc9-c9ccccc97)c7cc(-n9c%10ccccc%10c%10ccccc%109)ccc7-8)c6c5)ccc43)c2)cc(C2c3ccccc3-c3ccccc32)c1. The Morgan fingerprint density at radius 3 is 1.18 bits per heavy atom. The van der Waals surface area contributed by atoms with Crippen molar-refractivity contribution < 1.29 is 0 Å². The van der Waals surface area contributed by atoms with Crippen molar-refractivity contribution in [2.45, 2.75) is 11.3 Å². The van der Waals surface area contributed by atoms with Crippen molar-refractivity contribution in [3.05, 3.63) is 354 Å². The summed E-state index contributed by atoms with van der Waals surface area (Å²) in [4.78, 5) is 0. The van der Waals surface area contributed by atoms with E-state index in [1.807, 2.05) is 0 Å². The Balaban J connectivity index is 0.725.